The lowest BCUT2D eigenvalue weighted by Crippen LogP contribution is -2.63. The summed E-state index contributed by atoms with van der Waals surface area (Å²) < 4.78 is 45.6. The van der Waals surface area contributed by atoms with Crippen molar-refractivity contribution in [2.45, 2.75) is 18.8 Å². The fourth-order valence-electron chi connectivity index (χ4n) is 4.70. The van der Waals surface area contributed by atoms with Gasteiger partial charge in [0, 0.05) is 48.7 Å². The number of rotatable bonds is 4. The largest absolute Gasteiger partial charge is 0.465 e. The number of amides is 1. The zero-order chi connectivity index (χ0) is 26.3. The molecule has 8 nitrogen and oxygen atoms in total. The highest BCUT2D eigenvalue weighted by atomic mass is 35.5. The number of carbonyl (C=O) groups excluding carboxylic acids is 2. The molecule has 5 rings (SSSR count). The zero-order valence-corrected chi connectivity index (χ0v) is 20.6. The summed E-state index contributed by atoms with van der Waals surface area (Å²) in [5.74, 6) is -1.80. The van der Waals surface area contributed by atoms with Gasteiger partial charge in [-0.05, 0) is 48.9 Å². The quantitative estimate of drug-likeness (QED) is 0.468. The minimum absolute atomic E-state index is 0.0891. The zero-order valence-electron chi connectivity index (χ0n) is 19.8. The number of hydrogen-bond acceptors (Lipinski definition) is 7. The summed E-state index contributed by atoms with van der Waals surface area (Å²) in [5.41, 5.74) is 0.844. The van der Waals surface area contributed by atoms with Crippen LogP contribution in [0.4, 0.5) is 19.0 Å². The molecule has 37 heavy (non-hydrogen) atoms. The first kappa shape index (κ1) is 25.2. The smallest absolute Gasteiger partial charge is 0.451 e. The Kier molecular flexibility index (Phi) is 6.67. The molecule has 0 saturated carbocycles. The van der Waals surface area contributed by atoms with Crippen molar-refractivity contribution in [2.75, 3.05) is 44.7 Å². The second-order valence-electron chi connectivity index (χ2n) is 8.89. The highest BCUT2D eigenvalue weighted by Crippen LogP contribution is 2.36. The lowest BCUT2D eigenvalue weighted by atomic mass is 10.0. The number of hydrogen-bond donors (Lipinski definition) is 0. The van der Waals surface area contributed by atoms with Crippen LogP contribution in [-0.4, -0.2) is 77.6 Å². The molecule has 3 aromatic rings. The number of carbonyl (C=O) groups is 2. The molecule has 1 atom stereocenters. The number of piperazine rings is 1. The normalized spacial score (nSPS) is 18.6. The molecule has 2 fully saturated rings. The van der Waals surface area contributed by atoms with Crippen molar-refractivity contribution in [3.63, 3.8) is 0 Å². The minimum atomic E-state index is -4.72. The van der Waals surface area contributed by atoms with E-state index in [-0.39, 0.29) is 29.0 Å². The molecule has 1 aromatic heterocycles. The molecule has 0 bridgehead atoms. The Bertz CT molecular complexity index is 1340. The summed E-state index contributed by atoms with van der Waals surface area (Å²) in [6, 6.07) is 10.9. The molecule has 0 N–H and O–H groups in total. The fraction of sp³-hybridized carbons (Fsp3) is 0.360. The Morgan fingerprint density at radius 1 is 0.973 bits per heavy atom. The van der Waals surface area contributed by atoms with E-state index >= 15 is 0 Å². The molecule has 0 spiro atoms. The number of benzene rings is 2. The van der Waals surface area contributed by atoms with Gasteiger partial charge >= 0.3 is 12.1 Å². The molecule has 2 aliphatic rings. The topological polar surface area (TPSA) is 78.9 Å². The average molecular weight is 534 g/mol. The number of halogens is 4. The van der Waals surface area contributed by atoms with Gasteiger partial charge in [-0.25, -0.2) is 14.8 Å². The number of fused-ring (bicyclic) bond motifs is 1. The van der Waals surface area contributed by atoms with E-state index in [1.165, 1.54) is 25.3 Å². The molecule has 194 valence electrons. The first-order valence-corrected chi connectivity index (χ1v) is 12.1. The number of nitrogens with zero attached hydrogens (tertiary/aromatic N) is 5. The van der Waals surface area contributed by atoms with Gasteiger partial charge in [0.1, 0.15) is 5.82 Å². The second kappa shape index (κ2) is 9.79. The maximum Gasteiger partial charge on any atom is 0.451 e. The number of ether oxygens (including phenoxy) is 1. The van der Waals surface area contributed by atoms with Crippen molar-refractivity contribution < 1.29 is 27.5 Å². The molecule has 1 amide bonds. The van der Waals surface area contributed by atoms with Crippen LogP contribution in [0.2, 0.25) is 5.02 Å². The Morgan fingerprint density at radius 3 is 2.24 bits per heavy atom. The molecule has 12 heteroatoms. The third kappa shape index (κ3) is 4.93. The molecule has 3 heterocycles. The molecular weight excluding hydrogens is 511 g/mol. The number of anilines is 1. The van der Waals surface area contributed by atoms with Crippen LogP contribution < -0.4 is 4.90 Å². The Hall–Kier alpha value is -3.44. The van der Waals surface area contributed by atoms with Crippen LogP contribution in [0.1, 0.15) is 33.0 Å². The van der Waals surface area contributed by atoms with E-state index in [9.17, 15) is 22.8 Å². The number of esters is 1. The van der Waals surface area contributed by atoms with E-state index in [1.54, 1.807) is 34.1 Å². The Labute approximate surface area is 215 Å². The second-order valence-corrected chi connectivity index (χ2v) is 9.33. The van der Waals surface area contributed by atoms with Gasteiger partial charge in [0.15, 0.2) is 0 Å². The molecule has 2 saturated heterocycles. The van der Waals surface area contributed by atoms with Gasteiger partial charge in [0.2, 0.25) is 5.82 Å². The molecule has 2 aliphatic heterocycles. The summed E-state index contributed by atoms with van der Waals surface area (Å²) in [4.78, 5) is 38.2. The molecule has 0 radical (unpaired) electrons. The highest BCUT2D eigenvalue weighted by molar-refractivity contribution is 6.30. The minimum Gasteiger partial charge on any atom is -0.465 e. The molecular formula is C25H23ClF3N5O3. The van der Waals surface area contributed by atoms with Gasteiger partial charge in [-0.3, -0.25) is 9.69 Å². The van der Waals surface area contributed by atoms with Crippen molar-refractivity contribution in [1.82, 2.24) is 19.8 Å². The Morgan fingerprint density at radius 2 is 1.65 bits per heavy atom. The van der Waals surface area contributed by atoms with E-state index in [4.69, 9.17) is 16.3 Å². The summed E-state index contributed by atoms with van der Waals surface area (Å²) in [6.45, 7) is 2.58. The van der Waals surface area contributed by atoms with E-state index < -0.39 is 18.0 Å². The fourth-order valence-corrected chi connectivity index (χ4v) is 4.83. The van der Waals surface area contributed by atoms with Gasteiger partial charge < -0.3 is 14.5 Å². The molecule has 2 aromatic carbocycles. The van der Waals surface area contributed by atoms with E-state index in [0.717, 1.165) is 6.42 Å². The molecule has 0 aliphatic carbocycles. The highest BCUT2D eigenvalue weighted by Gasteiger charge is 2.40. The third-order valence-corrected chi connectivity index (χ3v) is 6.98. The van der Waals surface area contributed by atoms with Crippen LogP contribution in [0, 0.1) is 0 Å². The average Bonchev–Trinajstić information content (AvgIpc) is 2.87. The predicted octanol–water partition coefficient (Wildman–Crippen LogP) is 4.08. The van der Waals surface area contributed by atoms with Gasteiger partial charge in [0.05, 0.1) is 24.4 Å². The van der Waals surface area contributed by atoms with Gasteiger partial charge in [0.25, 0.3) is 5.91 Å². The SMILES string of the molecule is COC(=O)c1ccc2nc(C(F)(F)F)nc(N3CCC3N3CCN(C(=O)c4ccc(Cl)cc4)CC3)c2c1. The van der Waals surface area contributed by atoms with Crippen molar-refractivity contribution in [3.8, 4) is 0 Å². The first-order chi connectivity index (χ1) is 17.7. The van der Waals surface area contributed by atoms with Crippen molar-refractivity contribution in [2.24, 2.45) is 0 Å². The lowest BCUT2D eigenvalue weighted by molar-refractivity contribution is -0.144. The van der Waals surface area contributed by atoms with Gasteiger partial charge in [-0.15, -0.1) is 0 Å². The standard InChI is InChI=1S/C25H23ClF3N5O3/c1-37-23(36)16-4-7-19-18(14-16)21(31-24(30-19)25(27,28)29)34-9-8-20(34)32-10-12-33(13-11-32)22(35)15-2-5-17(26)6-3-15/h2-7,14,20H,8-13H2,1H3. The van der Waals surface area contributed by atoms with Crippen LogP contribution in [0.3, 0.4) is 0 Å². The van der Waals surface area contributed by atoms with E-state index in [0.29, 0.717) is 48.7 Å². The first-order valence-electron chi connectivity index (χ1n) is 11.7. The van der Waals surface area contributed by atoms with Crippen LogP contribution in [0.25, 0.3) is 10.9 Å². The van der Waals surface area contributed by atoms with Crippen LogP contribution in [0.15, 0.2) is 42.5 Å². The lowest BCUT2D eigenvalue weighted by Gasteiger charge is -2.50. The number of alkyl halides is 3. The van der Waals surface area contributed by atoms with Crippen molar-refractivity contribution >= 4 is 40.2 Å². The summed E-state index contributed by atoms with van der Waals surface area (Å²) >= 11 is 5.91. The predicted molar refractivity (Wildman–Crippen MR) is 131 cm³/mol. The van der Waals surface area contributed by atoms with Crippen LogP contribution in [-0.2, 0) is 10.9 Å². The Balaban J connectivity index is 1.38. The molecule has 1 unspecified atom stereocenters. The van der Waals surface area contributed by atoms with E-state index in [1.807, 2.05) is 0 Å². The third-order valence-electron chi connectivity index (χ3n) is 6.72. The number of methoxy groups -OCH3 is 1. The monoisotopic (exact) mass is 533 g/mol. The summed E-state index contributed by atoms with van der Waals surface area (Å²) in [5, 5.41) is 0.897. The van der Waals surface area contributed by atoms with Crippen LogP contribution >= 0.6 is 11.6 Å². The maximum absolute atomic E-state index is 13.6. The van der Waals surface area contributed by atoms with Crippen molar-refractivity contribution in [3.05, 3.63) is 64.4 Å². The number of aromatic nitrogens is 2. The summed E-state index contributed by atoms with van der Waals surface area (Å²) in [6.07, 6.45) is -4.18. The van der Waals surface area contributed by atoms with Crippen LogP contribution in [0.5, 0.6) is 0 Å². The maximum atomic E-state index is 13.6. The van der Waals surface area contributed by atoms with Gasteiger partial charge in [-0.2, -0.15) is 13.2 Å². The van der Waals surface area contributed by atoms with E-state index in [2.05, 4.69) is 14.9 Å². The van der Waals surface area contributed by atoms with Crippen molar-refractivity contribution in [1.29, 1.82) is 0 Å². The van der Waals surface area contributed by atoms with Gasteiger partial charge in [-0.1, -0.05) is 11.6 Å². The summed E-state index contributed by atoms with van der Waals surface area (Å²) in [7, 11) is 1.24.